The molecule has 4 aromatic rings. The number of ether oxygens (including phenoxy) is 2. The van der Waals surface area contributed by atoms with Crippen molar-refractivity contribution in [2.75, 3.05) is 7.11 Å². The Hall–Kier alpha value is -3.86. The fourth-order valence-electron chi connectivity index (χ4n) is 3.57. The van der Waals surface area contributed by atoms with Crippen molar-refractivity contribution in [3.63, 3.8) is 0 Å². The number of carbonyl (C=O) groups excluding carboxylic acids is 1. The minimum atomic E-state index is -0.649. The lowest BCUT2D eigenvalue weighted by Gasteiger charge is -2.19. The topological polar surface area (TPSA) is 65.7 Å². The van der Waals surface area contributed by atoms with Gasteiger partial charge in [-0.25, -0.2) is 4.79 Å². The highest BCUT2D eigenvalue weighted by Gasteiger charge is 2.22. The second-order valence-corrected chi connectivity index (χ2v) is 9.03. The lowest BCUT2D eigenvalue weighted by molar-refractivity contribution is 0.0731. The van der Waals surface area contributed by atoms with E-state index in [-0.39, 0.29) is 16.9 Å². The first-order chi connectivity index (χ1) is 15.7. The summed E-state index contributed by atoms with van der Waals surface area (Å²) in [5.74, 6) is 0.0619. The Kier molecular flexibility index (Phi) is 5.81. The van der Waals surface area contributed by atoms with Crippen LogP contribution in [-0.2, 0) is 5.41 Å². The molecular weight excluding hydrogens is 416 g/mol. The number of carbonyl (C=O) groups is 1. The molecule has 0 N–H and O–H groups in total. The van der Waals surface area contributed by atoms with Crippen LogP contribution in [-0.4, -0.2) is 13.1 Å². The SMILES string of the molecule is COc1ccc(C(=O)Oc2c(-c3ccc(C(C)(C)C)cc3)oc3cc(C)ccc3c2=O)cc1. The zero-order valence-corrected chi connectivity index (χ0v) is 19.4. The minimum Gasteiger partial charge on any atom is -0.497 e. The Morgan fingerprint density at radius 1 is 0.909 bits per heavy atom. The molecular formula is C28H26O5. The van der Waals surface area contributed by atoms with E-state index < -0.39 is 11.4 Å². The molecule has 0 saturated heterocycles. The molecule has 0 spiro atoms. The van der Waals surface area contributed by atoms with Gasteiger partial charge in [0.25, 0.3) is 0 Å². The number of aryl methyl sites for hydroxylation is 1. The zero-order valence-electron chi connectivity index (χ0n) is 19.4. The van der Waals surface area contributed by atoms with Crippen LogP contribution < -0.4 is 14.9 Å². The van der Waals surface area contributed by atoms with Crippen molar-refractivity contribution in [1.29, 1.82) is 0 Å². The summed E-state index contributed by atoms with van der Waals surface area (Å²) in [6.45, 7) is 8.31. The van der Waals surface area contributed by atoms with Gasteiger partial charge in [-0.3, -0.25) is 4.79 Å². The highest BCUT2D eigenvalue weighted by Crippen LogP contribution is 2.33. The van der Waals surface area contributed by atoms with Gasteiger partial charge in [-0.1, -0.05) is 51.1 Å². The van der Waals surface area contributed by atoms with E-state index in [1.807, 2.05) is 37.3 Å². The van der Waals surface area contributed by atoms with E-state index in [2.05, 4.69) is 20.8 Å². The maximum absolute atomic E-state index is 13.4. The largest absolute Gasteiger partial charge is 0.497 e. The molecule has 1 aromatic heterocycles. The molecule has 5 heteroatoms. The van der Waals surface area contributed by atoms with Gasteiger partial charge >= 0.3 is 5.97 Å². The Morgan fingerprint density at radius 2 is 1.58 bits per heavy atom. The highest BCUT2D eigenvalue weighted by atomic mass is 16.5. The molecule has 0 unspecified atom stereocenters. The number of rotatable bonds is 4. The van der Waals surface area contributed by atoms with Gasteiger partial charge in [-0.15, -0.1) is 0 Å². The van der Waals surface area contributed by atoms with Gasteiger partial charge in [0.1, 0.15) is 11.3 Å². The molecule has 0 aliphatic rings. The van der Waals surface area contributed by atoms with Crippen LogP contribution in [0.1, 0.15) is 42.3 Å². The fourth-order valence-corrected chi connectivity index (χ4v) is 3.57. The molecule has 0 aliphatic heterocycles. The summed E-state index contributed by atoms with van der Waals surface area (Å²) < 4.78 is 16.9. The van der Waals surface area contributed by atoms with Crippen LogP contribution in [0, 0.1) is 6.92 Å². The molecule has 0 radical (unpaired) electrons. The zero-order chi connectivity index (χ0) is 23.8. The number of benzene rings is 3. The van der Waals surface area contributed by atoms with Crippen LogP contribution in [0.2, 0.25) is 0 Å². The second kappa shape index (κ2) is 8.58. The maximum Gasteiger partial charge on any atom is 0.343 e. The van der Waals surface area contributed by atoms with Crippen LogP contribution in [0.3, 0.4) is 0 Å². The second-order valence-electron chi connectivity index (χ2n) is 9.03. The molecule has 5 nitrogen and oxygen atoms in total. The van der Waals surface area contributed by atoms with Gasteiger partial charge in [0.15, 0.2) is 5.76 Å². The lowest BCUT2D eigenvalue weighted by atomic mass is 9.86. The monoisotopic (exact) mass is 442 g/mol. The van der Waals surface area contributed by atoms with Crippen molar-refractivity contribution in [2.24, 2.45) is 0 Å². The van der Waals surface area contributed by atoms with Crippen LogP contribution in [0.5, 0.6) is 11.5 Å². The van der Waals surface area contributed by atoms with E-state index in [0.29, 0.717) is 27.8 Å². The third-order valence-corrected chi connectivity index (χ3v) is 5.54. The van der Waals surface area contributed by atoms with Gasteiger partial charge in [-0.05, 0) is 59.9 Å². The van der Waals surface area contributed by atoms with Gasteiger partial charge in [-0.2, -0.15) is 0 Å². The first-order valence-electron chi connectivity index (χ1n) is 10.7. The van der Waals surface area contributed by atoms with Crippen molar-refractivity contribution in [1.82, 2.24) is 0 Å². The Bertz CT molecular complexity index is 1370. The molecule has 0 atom stereocenters. The van der Waals surface area contributed by atoms with Gasteiger partial charge in [0, 0.05) is 5.56 Å². The number of esters is 1. The van der Waals surface area contributed by atoms with E-state index in [9.17, 15) is 9.59 Å². The van der Waals surface area contributed by atoms with E-state index in [4.69, 9.17) is 13.9 Å². The number of fused-ring (bicyclic) bond motifs is 1. The smallest absolute Gasteiger partial charge is 0.343 e. The van der Waals surface area contributed by atoms with Crippen molar-refractivity contribution in [2.45, 2.75) is 33.1 Å². The van der Waals surface area contributed by atoms with Crippen molar-refractivity contribution in [3.05, 3.63) is 93.6 Å². The predicted molar refractivity (Wildman–Crippen MR) is 129 cm³/mol. The third-order valence-electron chi connectivity index (χ3n) is 5.54. The fraction of sp³-hybridized carbons (Fsp3) is 0.214. The Labute approximate surface area is 192 Å². The van der Waals surface area contributed by atoms with E-state index in [0.717, 1.165) is 11.1 Å². The lowest BCUT2D eigenvalue weighted by Crippen LogP contribution is -2.16. The Balaban J connectivity index is 1.84. The number of methoxy groups -OCH3 is 1. The van der Waals surface area contributed by atoms with Crippen LogP contribution in [0.15, 0.2) is 75.9 Å². The Morgan fingerprint density at radius 3 is 2.18 bits per heavy atom. The van der Waals surface area contributed by atoms with Crippen molar-refractivity contribution >= 4 is 16.9 Å². The molecule has 0 aliphatic carbocycles. The third kappa shape index (κ3) is 4.53. The summed E-state index contributed by atoms with van der Waals surface area (Å²) in [4.78, 5) is 26.3. The van der Waals surface area contributed by atoms with Crippen molar-refractivity contribution < 1.29 is 18.7 Å². The summed E-state index contributed by atoms with van der Waals surface area (Å²) in [5, 5.41) is 0.355. The average molecular weight is 443 g/mol. The molecule has 0 amide bonds. The number of hydrogen-bond acceptors (Lipinski definition) is 5. The highest BCUT2D eigenvalue weighted by molar-refractivity contribution is 5.93. The summed E-state index contributed by atoms with van der Waals surface area (Å²) in [5.41, 5.74) is 3.08. The molecule has 0 fully saturated rings. The first-order valence-corrected chi connectivity index (χ1v) is 10.7. The molecule has 0 saturated carbocycles. The summed E-state index contributed by atoms with van der Waals surface area (Å²) in [7, 11) is 1.55. The molecule has 4 rings (SSSR count). The predicted octanol–water partition coefficient (Wildman–Crippen LogP) is 6.29. The van der Waals surface area contributed by atoms with Crippen LogP contribution >= 0.6 is 0 Å². The van der Waals surface area contributed by atoms with Crippen LogP contribution in [0.4, 0.5) is 0 Å². The van der Waals surface area contributed by atoms with E-state index in [1.165, 1.54) is 0 Å². The first kappa shape index (κ1) is 22.3. The van der Waals surface area contributed by atoms with Crippen LogP contribution in [0.25, 0.3) is 22.3 Å². The molecule has 3 aromatic carbocycles. The standard InChI is InChI=1S/C28H26O5/c1-17-6-15-22-23(16-17)32-25(18-7-11-20(12-8-18)28(2,3)4)26(24(22)29)33-27(30)19-9-13-21(31-5)14-10-19/h6-16H,1-5H3. The maximum atomic E-state index is 13.4. The van der Waals surface area contributed by atoms with E-state index in [1.54, 1.807) is 43.5 Å². The quantitative estimate of drug-likeness (QED) is 0.347. The van der Waals surface area contributed by atoms with Crippen molar-refractivity contribution in [3.8, 4) is 22.8 Å². The molecule has 1 heterocycles. The molecule has 0 bridgehead atoms. The van der Waals surface area contributed by atoms with E-state index >= 15 is 0 Å². The number of hydrogen-bond donors (Lipinski definition) is 0. The van der Waals surface area contributed by atoms with Gasteiger partial charge < -0.3 is 13.9 Å². The summed E-state index contributed by atoms with van der Waals surface area (Å²) in [6.07, 6.45) is 0. The molecule has 33 heavy (non-hydrogen) atoms. The minimum absolute atomic E-state index is 0.0243. The summed E-state index contributed by atoms with van der Waals surface area (Å²) in [6, 6.07) is 19.6. The normalized spacial score (nSPS) is 11.4. The molecule has 168 valence electrons. The average Bonchev–Trinajstić information content (AvgIpc) is 2.80. The van der Waals surface area contributed by atoms with Gasteiger partial charge in [0.2, 0.25) is 11.2 Å². The van der Waals surface area contributed by atoms with Gasteiger partial charge in [0.05, 0.1) is 18.1 Å². The summed E-state index contributed by atoms with van der Waals surface area (Å²) >= 11 is 0.